The van der Waals surface area contributed by atoms with E-state index in [1.807, 2.05) is 0 Å². The maximum atomic E-state index is 12.4. The van der Waals surface area contributed by atoms with Gasteiger partial charge in [0.1, 0.15) is 0 Å². The molecular weight excluding hydrogens is 267 g/mol. The van der Waals surface area contributed by atoms with E-state index in [9.17, 15) is 8.78 Å². The van der Waals surface area contributed by atoms with Crippen LogP contribution in [0.15, 0.2) is 10.7 Å². The van der Waals surface area contributed by atoms with E-state index in [0.717, 1.165) is 0 Å². The molecule has 2 nitrogen and oxygen atoms in total. The molecule has 0 aliphatic rings. The molecule has 1 heterocycles. The number of hydrogen-bond donors (Lipinski definition) is 0. The number of nitrogens with zero attached hydrogens (tertiary/aromatic N) is 1. The van der Waals surface area contributed by atoms with Gasteiger partial charge in [0, 0.05) is 0 Å². The minimum Gasteiger partial charge on any atom is -0.481 e. The van der Waals surface area contributed by atoms with Gasteiger partial charge in [-0.25, -0.2) is 13.8 Å². The first kappa shape index (κ1) is 10.7. The predicted octanol–water partition coefficient (Wildman–Crippen LogP) is 3.44. The fraction of sp³-hybridized carbons (Fsp3) is 0.286. The monoisotopic (exact) mass is 271 g/mol. The zero-order valence-corrected chi connectivity index (χ0v) is 8.86. The zero-order chi connectivity index (χ0) is 10.0. The summed E-state index contributed by atoms with van der Waals surface area (Å²) in [5.41, 5.74) is -0.324. The van der Waals surface area contributed by atoms with E-state index in [1.165, 1.54) is 13.3 Å². The molecule has 0 amide bonds. The van der Waals surface area contributed by atoms with Crippen molar-refractivity contribution in [3.05, 3.63) is 21.3 Å². The maximum Gasteiger partial charge on any atom is 0.270 e. The first-order chi connectivity index (χ1) is 6.07. The van der Waals surface area contributed by atoms with Crippen LogP contribution in [0.2, 0.25) is 5.02 Å². The lowest BCUT2D eigenvalue weighted by Gasteiger charge is -2.08. The zero-order valence-electron chi connectivity index (χ0n) is 6.52. The summed E-state index contributed by atoms with van der Waals surface area (Å²) in [6, 6.07) is 0. The van der Waals surface area contributed by atoms with Gasteiger partial charge in [-0.3, -0.25) is 0 Å². The van der Waals surface area contributed by atoms with Crippen molar-refractivity contribution in [3.63, 3.8) is 0 Å². The lowest BCUT2D eigenvalue weighted by atomic mass is 10.3. The molecule has 1 aromatic heterocycles. The summed E-state index contributed by atoms with van der Waals surface area (Å²) in [5.74, 6) is -0.119. The van der Waals surface area contributed by atoms with E-state index in [-0.39, 0.29) is 20.9 Å². The number of aromatic nitrogens is 1. The third-order valence-corrected chi connectivity index (χ3v) is 2.75. The largest absolute Gasteiger partial charge is 0.481 e. The summed E-state index contributed by atoms with van der Waals surface area (Å²) in [7, 11) is 1.27. The van der Waals surface area contributed by atoms with Crippen LogP contribution < -0.4 is 4.74 Å². The summed E-state index contributed by atoms with van der Waals surface area (Å²) in [6.07, 6.45) is -1.42. The highest BCUT2D eigenvalue weighted by molar-refractivity contribution is 9.10. The van der Waals surface area contributed by atoms with Crippen LogP contribution in [-0.2, 0) is 0 Å². The van der Waals surface area contributed by atoms with Gasteiger partial charge in [0.2, 0.25) is 5.88 Å². The number of halogens is 4. The Balaban J connectivity index is 3.32. The molecule has 0 saturated heterocycles. The Labute approximate surface area is 87.0 Å². The Kier molecular flexibility index (Phi) is 3.44. The van der Waals surface area contributed by atoms with Gasteiger partial charge in [-0.2, -0.15) is 0 Å². The topological polar surface area (TPSA) is 22.1 Å². The molecule has 0 aromatic carbocycles. The van der Waals surface area contributed by atoms with E-state index in [4.69, 9.17) is 11.6 Å². The van der Waals surface area contributed by atoms with Crippen LogP contribution in [0.4, 0.5) is 8.78 Å². The molecular formula is C7H5BrClF2NO. The number of methoxy groups -OCH3 is 1. The highest BCUT2D eigenvalue weighted by Gasteiger charge is 2.20. The van der Waals surface area contributed by atoms with Crippen LogP contribution in [0.5, 0.6) is 5.88 Å². The molecule has 1 rings (SSSR count). The normalized spacial score (nSPS) is 10.6. The lowest BCUT2D eigenvalue weighted by Crippen LogP contribution is -1.97. The number of pyridine rings is 1. The average molecular weight is 272 g/mol. The second kappa shape index (κ2) is 4.19. The van der Waals surface area contributed by atoms with Gasteiger partial charge in [0.05, 0.1) is 28.4 Å². The highest BCUT2D eigenvalue weighted by Crippen LogP contribution is 2.37. The average Bonchev–Trinajstić information content (AvgIpc) is 2.08. The standard InChI is InChI=1S/C7H5BrClF2NO/c1-13-7-4(6(10)11)5(8)3(9)2-12-7/h2,6H,1H3. The van der Waals surface area contributed by atoms with E-state index in [0.29, 0.717) is 0 Å². The van der Waals surface area contributed by atoms with Crippen molar-refractivity contribution in [1.82, 2.24) is 4.98 Å². The molecule has 72 valence electrons. The van der Waals surface area contributed by atoms with Gasteiger partial charge < -0.3 is 4.74 Å². The van der Waals surface area contributed by atoms with Crippen molar-refractivity contribution in [2.45, 2.75) is 6.43 Å². The molecule has 0 bridgehead atoms. The first-order valence-corrected chi connectivity index (χ1v) is 4.41. The molecule has 0 radical (unpaired) electrons. The number of ether oxygens (including phenoxy) is 1. The van der Waals surface area contributed by atoms with Crippen molar-refractivity contribution in [3.8, 4) is 5.88 Å². The minimum absolute atomic E-state index is 0.119. The van der Waals surface area contributed by atoms with Crippen LogP contribution in [0.3, 0.4) is 0 Å². The van der Waals surface area contributed by atoms with Crippen LogP contribution in [-0.4, -0.2) is 12.1 Å². The van der Waals surface area contributed by atoms with Crippen LogP contribution in [0.1, 0.15) is 12.0 Å². The molecule has 13 heavy (non-hydrogen) atoms. The summed E-state index contributed by atoms with van der Waals surface area (Å²) in [4.78, 5) is 3.61. The molecule has 0 spiro atoms. The highest BCUT2D eigenvalue weighted by atomic mass is 79.9. The van der Waals surface area contributed by atoms with Gasteiger partial charge in [-0.05, 0) is 15.9 Å². The predicted molar refractivity (Wildman–Crippen MR) is 48.5 cm³/mol. The van der Waals surface area contributed by atoms with Crippen molar-refractivity contribution in [1.29, 1.82) is 0 Å². The smallest absolute Gasteiger partial charge is 0.270 e. The van der Waals surface area contributed by atoms with E-state index in [2.05, 4.69) is 25.7 Å². The fourth-order valence-corrected chi connectivity index (χ4v) is 1.41. The van der Waals surface area contributed by atoms with Crippen molar-refractivity contribution in [2.24, 2.45) is 0 Å². The van der Waals surface area contributed by atoms with Crippen molar-refractivity contribution in [2.75, 3.05) is 7.11 Å². The Bertz CT molecular complexity index is 322. The molecule has 0 fully saturated rings. The Morgan fingerprint density at radius 2 is 2.23 bits per heavy atom. The van der Waals surface area contributed by atoms with E-state index < -0.39 is 6.43 Å². The van der Waals surface area contributed by atoms with Gasteiger partial charge in [-0.1, -0.05) is 11.6 Å². The Hall–Kier alpha value is -0.420. The van der Waals surface area contributed by atoms with Crippen LogP contribution in [0, 0.1) is 0 Å². The van der Waals surface area contributed by atoms with Crippen LogP contribution >= 0.6 is 27.5 Å². The molecule has 1 aromatic rings. The second-order valence-corrected chi connectivity index (χ2v) is 3.34. The molecule has 0 N–H and O–H groups in total. The molecule has 0 aliphatic carbocycles. The summed E-state index contributed by atoms with van der Waals surface area (Å²) >= 11 is 8.53. The molecule has 6 heteroatoms. The number of alkyl halides is 2. The maximum absolute atomic E-state index is 12.4. The third-order valence-electron chi connectivity index (χ3n) is 1.38. The van der Waals surface area contributed by atoms with Crippen molar-refractivity contribution < 1.29 is 13.5 Å². The first-order valence-electron chi connectivity index (χ1n) is 3.24. The van der Waals surface area contributed by atoms with Gasteiger partial charge in [0.15, 0.2) is 0 Å². The molecule has 0 atom stereocenters. The number of hydrogen-bond acceptors (Lipinski definition) is 2. The third kappa shape index (κ3) is 2.08. The Morgan fingerprint density at radius 1 is 1.62 bits per heavy atom. The van der Waals surface area contributed by atoms with Gasteiger partial charge >= 0.3 is 0 Å². The van der Waals surface area contributed by atoms with Gasteiger partial charge in [0.25, 0.3) is 6.43 Å². The van der Waals surface area contributed by atoms with E-state index >= 15 is 0 Å². The van der Waals surface area contributed by atoms with Gasteiger partial charge in [-0.15, -0.1) is 0 Å². The van der Waals surface area contributed by atoms with Crippen molar-refractivity contribution >= 4 is 27.5 Å². The Morgan fingerprint density at radius 3 is 2.69 bits per heavy atom. The van der Waals surface area contributed by atoms with E-state index in [1.54, 1.807) is 0 Å². The fourth-order valence-electron chi connectivity index (χ4n) is 0.816. The lowest BCUT2D eigenvalue weighted by molar-refractivity contribution is 0.145. The SMILES string of the molecule is COc1ncc(Cl)c(Br)c1C(F)F. The summed E-state index contributed by atoms with van der Waals surface area (Å²) in [5, 5.41) is 0.135. The quantitative estimate of drug-likeness (QED) is 0.823. The minimum atomic E-state index is -2.67. The summed E-state index contributed by atoms with van der Waals surface area (Å²) in [6.45, 7) is 0. The van der Waals surface area contributed by atoms with Crippen LogP contribution in [0.25, 0.3) is 0 Å². The molecule has 0 saturated carbocycles. The second-order valence-electron chi connectivity index (χ2n) is 2.14. The molecule has 0 unspecified atom stereocenters. The number of rotatable bonds is 2. The summed E-state index contributed by atoms with van der Waals surface area (Å²) < 4.78 is 29.7. The molecule has 0 aliphatic heterocycles.